The second-order valence-electron chi connectivity index (χ2n) is 8.73. The van der Waals surface area contributed by atoms with Crippen molar-refractivity contribution in [1.82, 2.24) is 10.2 Å². The molecule has 2 heterocycles. The molecule has 2 aliphatic heterocycles. The van der Waals surface area contributed by atoms with E-state index in [0.29, 0.717) is 55.6 Å². The summed E-state index contributed by atoms with van der Waals surface area (Å²) in [5, 5.41) is 15.7. The van der Waals surface area contributed by atoms with E-state index in [0.717, 1.165) is 5.56 Å². The van der Waals surface area contributed by atoms with Crippen molar-refractivity contribution >= 4 is 29.1 Å². The lowest BCUT2D eigenvalue weighted by molar-refractivity contribution is -0.119. The fraction of sp³-hybridized carbons (Fsp3) is 0.400. The van der Waals surface area contributed by atoms with Crippen LogP contribution in [0.25, 0.3) is 0 Å². The van der Waals surface area contributed by atoms with Crippen molar-refractivity contribution < 1.29 is 28.7 Å². The van der Waals surface area contributed by atoms with E-state index in [1.165, 1.54) is 17.9 Å². The molecule has 4 rings (SSSR count). The van der Waals surface area contributed by atoms with Gasteiger partial charge >= 0.3 is 6.09 Å². The van der Waals surface area contributed by atoms with Crippen molar-refractivity contribution in [3.05, 3.63) is 53.8 Å². The molecule has 2 aromatic rings. The van der Waals surface area contributed by atoms with Crippen molar-refractivity contribution in [2.24, 2.45) is 5.16 Å². The molecular weight excluding hydrogens is 469 g/mol. The second kappa shape index (κ2) is 11.3. The zero-order chi connectivity index (χ0) is 25.7. The summed E-state index contributed by atoms with van der Waals surface area (Å²) in [6.07, 6.45) is -1.05. The van der Waals surface area contributed by atoms with Gasteiger partial charge in [-0.25, -0.2) is 9.18 Å². The number of halogens is 1. The van der Waals surface area contributed by atoms with Crippen LogP contribution in [0.2, 0.25) is 0 Å². The Bertz CT molecular complexity index is 1140. The number of benzene rings is 2. The number of piperazine rings is 1. The zero-order valence-corrected chi connectivity index (χ0v) is 20.3. The lowest BCUT2D eigenvalue weighted by Gasteiger charge is -2.36. The first-order chi connectivity index (χ1) is 17.4. The number of carbonyl (C=O) groups excluding carboxylic acids is 2. The SMILES string of the molecule is COc1cccc(/C(CN2CCN(c3ccc(N4C[C@H](CNC(C)=O)OC4=O)cc3F)CC2)=N/O)c1. The number of nitrogens with one attached hydrogen (secondary N) is 1. The second-order valence-corrected chi connectivity index (χ2v) is 8.73. The molecule has 0 aromatic heterocycles. The molecule has 0 unspecified atom stereocenters. The highest BCUT2D eigenvalue weighted by atomic mass is 19.1. The Hall–Kier alpha value is -3.86. The van der Waals surface area contributed by atoms with E-state index in [4.69, 9.17) is 9.47 Å². The Morgan fingerprint density at radius 3 is 2.67 bits per heavy atom. The van der Waals surface area contributed by atoms with Gasteiger partial charge in [0.1, 0.15) is 23.4 Å². The normalized spacial score (nSPS) is 18.8. The van der Waals surface area contributed by atoms with Crippen LogP contribution < -0.4 is 19.9 Å². The molecule has 0 bridgehead atoms. The first kappa shape index (κ1) is 25.2. The minimum Gasteiger partial charge on any atom is -0.497 e. The van der Waals surface area contributed by atoms with Gasteiger partial charge in [-0.15, -0.1) is 0 Å². The molecule has 2 aliphatic rings. The highest BCUT2D eigenvalue weighted by Gasteiger charge is 2.33. The van der Waals surface area contributed by atoms with Crippen molar-refractivity contribution in [2.75, 3.05) is 62.7 Å². The van der Waals surface area contributed by atoms with Gasteiger partial charge in [0, 0.05) is 45.2 Å². The molecule has 2 saturated heterocycles. The van der Waals surface area contributed by atoms with Gasteiger partial charge in [-0.1, -0.05) is 17.3 Å². The summed E-state index contributed by atoms with van der Waals surface area (Å²) < 4.78 is 25.6. The van der Waals surface area contributed by atoms with Crippen LogP contribution in [0.15, 0.2) is 47.6 Å². The molecule has 2 amide bonds. The van der Waals surface area contributed by atoms with E-state index in [1.54, 1.807) is 19.2 Å². The van der Waals surface area contributed by atoms with Gasteiger partial charge in [-0.2, -0.15) is 0 Å². The zero-order valence-electron chi connectivity index (χ0n) is 20.3. The van der Waals surface area contributed by atoms with Gasteiger partial charge in [0.2, 0.25) is 5.91 Å². The number of anilines is 2. The summed E-state index contributed by atoms with van der Waals surface area (Å²) >= 11 is 0. The fourth-order valence-electron chi connectivity index (χ4n) is 4.36. The van der Waals surface area contributed by atoms with Crippen molar-refractivity contribution in [3.8, 4) is 5.75 Å². The molecule has 0 spiro atoms. The summed E-state index contributed by atoms with van der Waals surface area (Å²) in [5.74, 6) is 0.0519. The van der Waals surface area contributed by atoms with E-state index in [2.05, 4.69) is 15.4 Å². The number of cyclic esters (lactones) is 1. The third-order valence-electron chi connectivity index (χ3n) is 6.31. The van der Waals surface area contributed by atoms with Crippen LogP contribution in [0.4, 0.5) is 20.6 Å². The number of nitrogens with zero attached hydrogens (tertiary/aromatic N) is 4. The smallest absolute Gasteiger partial charge is 0.414 e. The topological polar surface area (TPSA) is 107 Å². The van der Waals surface area contributed by atoms with Gasteiger partial charge in [0.25, 0.3) is 0 Å². The van der Waals surface area contributed by atoms with Gasteiger partial charge in [0.05, 0.1) is 31.6 Å². The number of hydrogen-bond donors (Lipinski definition) is 2. The predicted molar refractivity (Wildman–Crippen MR) is 133 cm³/mol. The van der Waals surface area contributed by atoms with Crippen LogP contribution in [-0.2, 0) is 9.53 Å². The Morgan fingerprint density at radius 2 is 2.00 bits per heavy atom. The number of hydrogen-bond acceptors (Lipinski definition) is 8. The monoisotopic (exact) mass is 499 g/mol. The maximum Gasteiger partial charge on any atom is 0.414 e. The van der Waals surface area contributed by atoms with E-state index in [-0.39, 0.29) is 19.0 Å². The van der Waals surface area contributed by atoms with Crippen LogP contribution in [-0.4, -0.2) is 86.8 Å². The van der Waals surface area contributed by atoms with Crippen molar-refractivity contribution in [1.29, 1.82) is 0 Å². The van der Waals surface area contributed by atoms with Crippen LogP contribution >= 0.6 is 0 Å². The summed E-state index contributed by atoms with van der Waals surface area (Å²) in [7, 11) is 1.58. The maximum absolute atomic E-state index is 15.1. The molecule has 0 radical (unpaired) electrons. The largest absolute Gasteiger partial charge is 0.497 e. The number of rotatable bonds is 8. The third kappa shape index (κ3) is 5.85. The number of methoxy groups -OCH3 is 1. The number of carbonyl (C=O) groups is 2. The molecule has 2 aromatic carbocycles. The first-order valence-corrected chi connectivity index (χ1v) is 11.7. The quantitative estimate of drug-likeness (QED) is 0.326. The van der Waals surface area contributed by atoms with Gasteiger partial charge < -0.3 is 24.9 Å². The van der Waals surface area contributed by atoms with Gasteiger partial charge in [-0.05, 0) is 30.3 Å². The van der Waals surface area contributed by atoms with E-state index < -0.39 is 18.0 Å². The van der Waals surface area contributed by atoms with Crippen LogP contribution in [0, 0.1) is 5.82 Å². The highest BCUT2D eigenvalue weighted by Crippen LogP contribution is 2.28. The summed E-state index contributed by atoms with van der Waals surface area (Å²) in [4.78, 5) is 28.8. The van der Waals surface area contributed by atoms with E-state index in [9.17, 15) is 14.8 Å². The average Bonchev–Trinajstić information content (AvgIpc) is 3.27. The third-order valence-corrected chi connectivity index (χ3v) is 6.31. The van der Waals surface area contributed by atoms with E-state index >= 15 is 4.39 Å². The minimum atomic E-state index is -0.566. The number of amides is 2. The summed E-state index contributed by atoms with van der Waals surface area (Å²) in [6.45, 7) is 4.80. The molecular formula is C25H30FN5O5. The highest BCUT2D eigenvalue weighted by molar-refractivity contribution is 6.02. The van der Waals surface area contributed by atoms with Crippen molar-refractivity contribution in [3.63, 3.8) is 0 Å². The molecule has 2 fully saturated rings. The fourth-order valence-corrected chi connectivity index (χ4v) is 4.36. The molecule has 1 atom stereocenters. The predicted octanol–water partition coefficient (Wildman–Crippen LogP) is 2.30. The van der Waals surface area contributed by atoms with Gasteiger partial charge in [0.15, 0.2) is 0 Å². The van der Waals surface area contributed by atoms with Crippen LogP contribution in [0.3, 0.4) is 0 Å². The van der Waals surface area contributed by atoms with Crippen LogP contribution in [0.1, 0.15) is 12.5 Å². The number of oxime groups is 1. The first-order valence-electron chi connectivity index (χ1n) is 11.7. The molecule has 36 heavy (non-hydrogen) atoms. The molecule has 0 saturated carbocycles. The Balaban J connectivity index is 1.34. The molecule has 192 valence electrons. The van der Waals surface area contributed by atoms with E-state index in [1.807, 2.05) is 29.2 Å². The summed E-state index contributed by atoms with van der Waals surface area (Å²) in [6, 6.07) is 12.1. The van der Waals surface area contributed by atoms with Crippen LogP contribution in [0.5, 0.6) is 5.75 Å². The molecule has 2 N–H and O–H groups in total. The molecule has 11 heteroatoms. The Kier molecular flexibility index (Phi) is 7.89. The average molecular weight is 500 g/mol. The summed E-state index contributed by atoms with van der Waals surface area (Å²) in [5.41, 5.74) is 2.18. The Labute approximate surface area is 208 Å². The molecule has 10 nitrogen and oxygen atoms in total. The van der Waals surface area contributed by atoms with Gasteiger partial charge in [-0.3, -0.25) is 14.6 Å². The Morgan fingerprint density at radius 1 is 1.22 bits per heavy atom. The maximum atomic E-state index is 15.1. The molecule has 0 aliphatic carbocycles. The number of ether oxygens (including phenoxy) is 2. The standard InChI is InChI=1S/C25H30FN5O5/c1-17(32)27-14-21-15-31(25(33)36-21)19-6-7-24(22(26)13-19)30-10-8-29(9-11-30)16-23(28-34)18-4-3-5-20(12-18)35-2/h3-7,12-13,21,34H,8-11,14-16H2,1-2H3,(H,27,32)/b28-23+/t21-/m0/s1. The lowest BCUT2D eigenvalue weighted by atomic mass is 10.1. The van der Waals surface area contributed by atoms with Crippen molar-refractivity contribution in [2.45, 2.75) is 13.0 Å². The minimum absolute atomic E-state index is 0.208. The lowest BCUT2D eigenvalue weighted by Crippen LogP contribution is -2.48.